The molecule has 7 atom stereocenters. The Hall–Kier alpha value is -6.84. The van der Waals surface area contributed by atoms with Crippen LogP contribution in [0.25, 0.3) is 104 Å². The molecule has 7 bridgehead atoms. The average molecular weight is 900 g/mol. The van der Waals surface area contributed by atoms with E-state index in [-0.39, 0.29) is 0 Å². The molecule has 0 amide bonds. The van der Waals surface area contributed by atoms with Gasteiger partial charge >= 0.3 is 0 Å². The summed E-state index contributed by atoms with van der Waals surface area (Å²) >= 11 is 0. The molecule has 0 radical (unpaired) electrons. The van der Waals surface area contributed by atoms with Gasteiger partial charge in [0.1, 0.15) is 0 Å². The Kier molecular flexibility index (Phi) is 7.22. The van der Waals surface area contributed by atoms with Crippen LogP contribution in [-0.4, -0.2) is 14.4 Å². The highest BCUT2D eigenvalue weighted by molar-refractivity contribution is 6.34. The molecule has 0 aliphatic heterocycles. The molecule has 7 unspecified atom stereocenters. The topological polar surface area (TPSA) is 30.2 Å². The predicted octanol–water partition coefficient (Wildman–Crippen LogP) is 17.4. The maximum Gasteiger partial charge on any atom is 0.0728 e. The van der Waals surface area contributed by atoms with Gasteiger partial charge in [-0.25, -0.2) is 0 Å². The summed E-state index contributed by atoms with van der Waals surface area (Å²) in [6.07, 6.45) is 18.1. The monoisotopic (exact) mass is 899 g/mol. The molecule has 4 heterocycles. The van der Waals surface area contributed by atoms with Crippen molar-refractivity contribution >= 4 is 59.6 Å². The number of fused-ring (bicyclic) bond motifs is 14. The maximum absolute atomic E-state index is 5.78. The van der Waals surface area contributed by atoms with E-state index in [1.165, 1.54) is 180 Å². The largest absolute Gasteiger partial charge is 0.305 e. The second-order valence-electron chi connectivity index (χ2n) is 23.6. The molecule has 5 saturated carbocycles. The number of hydrogen-bond donors (Lipinski definition) is 0. The Morgan fingerprint density at radius 2 is 0.914 bits per heavy atom. The summed E-state index contributed by atoms with van der Waals surface area (Å²) in [6, 6.07) is 53.3. The molecule has 5 fully saturated rings. The van der Waals surface area contributed by atoms with Crippen molar-refractivity contribution in [1.82, 2.24) is 14.4 Å². The predicted molar refractivity (Wildman–Crippen MR) is 287 cm³/mol. The third-order valence-electron chi connectivity index (χ3n) is 20.6. The summed E-state index contributed by atoms with van der Waals surface area (Å²) in [5.74, 6) is 5.54. The van der Waals surface area contributed by atoms with Crippen molar-refractivity contribution in [1.29, 1.82) is 0 Å². The van der Waals surface area contributed by atoms with Gasteiger partial charge in [0, 0.05) is 44.8 Å². The van der Waals surface area contributed by atoms with Gasteiger partial charge in [0.25, 0.3) is 0 Å². The zero-order chi connectivity index (χ0) is 45.1. The highest BCUT2D eigenvalue weighted by Crippen LogP contribution is 2.76. The average Bonchev–Trinajstić information content (AvgIpc) is 4.06. The number of aromatic nitrogens is 3. The van der Waals surface area contributed by atoms with E-state index in [1.54, 1.807) is 11.1 Å². The lowest BCUT2D eigenvalue weighted by atomic mass is 9.56. The van der Waals surface area contributed by atoms with E-state index in [0.29, 0.717) is 29.1 Å². The number of pyridine rings is 2. The SMILES string of the molecule is c1ccc(-c2ccc3ccccc3c2-c2cc(-c3c(-c4ccccc4)ccc4ccccc34)c3c4c5c(ncc4n4c6cnc7c(c6c2c34)C2CC3CC(CC7C3)C2)C2CC3CC4CC5CC34C2)cc1. The minimum absolute atomic E-state index is 0.530. The molecule has 8 aliphatic carbocycles. The lowest BCUT2D eigenvalue weighted by molar-refractivity contribution is 0.00321. The van der Waals surface area contributed by atoms with Crippen LogP contribution in [0.3, 0.4) is 0 Å². The van der Waals surface area contributed by atoms with E-state index in [4.69, 9.17) is 9.97 Å². The van der Waals surface area contributed by atoms with Crippen molar-refractivity contribution < 1.29 is 0 Å². The summed E-state index contributed by atoms with van der Waals surface area (Å²) in [7, 11) is 0. The summed E-state index contributed by atoms with van der Waals surface area (Å²) in [6.45, 7) is 0. The lowest BCUT2D eigenvalue weighted by Crippen LogP contribution is -2.41. The second kappa shape index (κ2) is 13.3. The Balaban J connectivity index is 1.10. The lowest BCUT2D eigenvalue weighted by Gasteiger charge is -2.48. The van der Waals surface area contributed by atoms with Crippen molar-refractivity contribution in [2.75, 3.05) is 0 Å². The molecular formula is C67H53N3. The van der Waals surface area contributed by atoms with Crippen LogP contribution >= 0.6 is 0 Å². The van der Waals surface area contributed by atoms with E-state index in [0.717, 1.165) is 23.7 Å². The van der Waals surface area contributed by atoms with Gasteiger partial charge in [-0.15, -0.1) is 0 Å². The van der Waals surface area contributed by atoms with E-state index in [2.05, 4.69) is 156 Å². The van der Waals surface area contributed by atoms with Gasteiger partial charge in [0.05, 0.1) is 28.9 Å². The molecule has 3 nitrogen and oxygen atoms in total. The third-order valence-corrected chi connectivity index (χ3v) is 20.6. The van der Waals surface area contributed by atoms with Gasteiger partial charge < -0.3 is 4.40 Å². The van der Waals surface area contributed by atoms with Crippen LogP contribution in [0.4, 0.5) is 0 Å². The number of rotatable bonds is 4. The Morgan fingerprint density at radius 3 is 1.51 bits per heavy atom. The number of hydrogen-bond acceptors (Lipinski definition) is 2. The van der Waals surface area contributed by atoms with Crippen molar-refractivity contribution in [3.8, 4) is 44.5 Å². The van der Waals surface area contributed by atoms with Gasteiger partial charge in [0.2, 0.25) is 0 Å². The van der Waals surface area contributed by atoms with Gasteiger partial charge in [0.15, 0.2) is 0 Å². The number of benzene rings is 7. The van der Waals surface area contributed by atoms with Crippen LogP contribution in [0, 0.1) is 29.1 Å². The summed E-state index contributed by atoms with van der Waals surface area (Å²) in [5, 5.41) is 11.0. The van der Waals surface area contributed by atoms with Crippen LogP contribution in [0.15, 0.2) is 152 Å². The molecule has 0 saturated heterocycles. The molecule has 336 valence electrons. The van der Waals surface area contributed by atoms with E-state index in [9.17, 15) is 0 Å². The molecule has 7 aromatic carbocycles. The summed E-state index contributed by atoms with van der Waals surface area (Å²) in [5.41, 5.74) is 21.0. The van der Waals surface area contributed by atoms with Crippen LogP contribution < -0.4 is 0 Å². The Bertz CT molecular complexity index is 4070. The molecule has 70 heavy (non-hydrogen) atoms. The fraction of sp³-hybridized carbons (Fsp3) is 0.284. The molecule has 11 aromatic rings. The van der Waals surface area contributed by atoms with E-state index >= 15 is 0 Å². The number of nitrogens with zero attached hydrogens (tertiary/aromatic N) is 3. The smallest absolute Gasteiger partial charge is 0.0728 e. The summed E-state index contributed by atoms with van der Waals surface area (Å²) in [4.78, 5) is 11.5. The highest BCUT2D eigenvalue weighted by atomic mass is 15.0. The Labute approximate surface area is 407 Å². The van der Waals surface area contributed by atoms with Crippen LogP contribution in [0.2, 0.25) is 0 Å². The maximum atomic E-state index is 5.78. The normalized spacial score (nSPS) is 27.8. The zero-order valence-electron chi connectivity index (χ0n) is 39.5. The second-order valence-corrected chi connectivity index (χ2v) is 23.6. The van der Waals surface area contributed by atoms with E-state index < -0.39 is 0 Å². The van der Waals surface area contributed by atoms with Gasteiger partial charge in [-0.2, -0.15) is 0 Å². The van der Waals surface area contributed by atoms with E-state index in [1.807, 2.05) is 0 Å². The first-order valence-electron chi connectivity index (χ1n) is 26.9. The molecule has 19 rings (SSSR count). The van der Waals surface area contributed by atoms with Crippen LogP contribution in [-0.2, 0) is 0 Å². The van der Waals surface area contributed by atoms with Crippen molar-refractivity contribution in [3.63, 3.8) is 0 Å². The fourth-order valence-electron chi connectivity index (χ4n) is 18.3. The first-order valence-corrected chi connectivity index (χ1v) is 26.9. The fourth-order valence-corrected chi connectivity index (χ4v) is 18.3. The van der Waals surface area contributed by atoms with Gasteiger partial charge in [-0.05, 0) is 188 Å². The first kappa shape index (κ1) is 38.0. The van der Waals surface area contributed by atoms with Gasteiger partial charge in [-0.3, -0.25) is 9.97 Å². The zero-order valence-corrected chi connectivity index (χ0v) is 39.5. The van der Waals surface area contributed by atoms with Crippen LogP contribution in [0.1, 0.15) is 110 Å². The van der Waals surface area contributed by atoms with Crippen LogP contribution in [0.5, 0.6) is 0 Å². The quantitative estimate of drug-likeness (QED) is 0.176. The standard InChI is InChI=1S/C67H53N3/c1-3-11-38(12-4-1)50-21-19-40-15-7-9-17-48(40)58(50)52-31-53(59-49-18-10-8-16-41(49)20-22-51(59)39-13-5-2-6-14-39)61-63-55(35-69-65-45-29-47-30-46-28-44(57(63)65)32-67(46,47)33-45)70-54-34-68-64-43-26-36-23-37(27-43)25-42(24-36)56(64)62(54)60(52)66(61)70/h1-22,31,34-37,42-47H,23-30,32-33H2. The first-order chi connectivity index (χ1) is 34.6. The van der Waals surface area contributed by atoms with Gasteiger partial charge in [-0.1, -0.05) is 133 Å². The molecular weight excluding hydrogens is 847 g/mol. The van der Waals surface area contributed by atoms with Crippen molar-refractivity contribution in [2.45, 2.75) is 87.9 Å². The molecule has 1 spiro atoms. The molecule has 4 aromatic heterocycles. The third kappa shape index (κ3) is 4.69. The van der Waals surface area contributed by atoms with Crippen molar-refractivity contribution in [3.05, 3.63) is 174 Å². The molecule has 8 aliphatic rings. The Morgan fingerprint density at radius 1 is 0.414 bits per heavy atom. The highest BCUT2D eigenvalue weighted by Gasteiger charge is 2.66. The minimum atomic E-state index is 0.530. The minimum Gasteiger partial charge on any atom is -0.305 e. The molecule has 3 heteroatoms. The summed E-state index contributed by atoms with van der Waals surface area (Å²) < 4.78 is 2.74. The van der Waals surface area contributed by atoms with Crippen molar-refractivity contribution in [2.24, 2.45) is 29.1 Å². The molecule has 0 N–H and O–H groups in total.